The molecule has 2 N–H and O–H groups in total. The lowest BCUT2D eigenvalue weighted by molar-refractivity contribution is -0.173. The number of phenolic OH excluding ortho intramolecular Hbond substituents is 1. The zero-order chi connectivity index (χ0) is 14.5. The molecule has 0 fully saturated rings. The van der Waals surface area contributed by atoms with Gasteiger partial charge in [0.2, 0.25) is 0 Å². The standard InChI is InChI=1S/C11H11F4NO3/c12-7-2-1-3-8(17)9(7)10(18)16-4-5-19-6-11(13,14)15/h1-3,17H,4-6H2,(H,16,18). The smallest absolute Gasteiger partial charge is 0.411 e. The first-order valence-corrected chi connectivity index (χ1v) is 5.21. The van der Waals surface area contributed by atoms with Crippen LogP contribution in [0.3, 0.4) is 0 Å². The summed E-state index contributed by atoms with van der Waals surface area (Å²) in [5.41, 5.74) is -0.557. The summed E-state index contributed by atoms with van der Waals surface area (Å²) in [6.45, 7) is -2.03. The number of nitrogens with one attached hydrogen (secondary N) is 1. The molecule has 8 heteroatoms. The predicted molar refractivity (Wildman–Crippen MR) is 57.3 cm³/mol. The second-order valence-electron chi connectivity index (χ2n) is 3.56. The van der Waals surface area contributed by atoms with E-state index in [2.05, 4.69) is 10.1 Å². The van der Waals surface area contributed by atoms with Crippen LogP contribution in [0.4, 0.5) is 17.6 Å². The molecule has 0 aliphatic rings. The van der Waals surface area contributed by atoms with Crippen molar-refractivity contribution in [2.75, 3.05) is 19.8 Å². The summed E-state index contributed by atoms with van der Waals surface area (Å²) in [6.07, 6.45) is -4.44. The molecule has 0 aromatic heterocycles. The van der Waals surface area contributed by atoms with Gasteiger partial charge in [0.05, 0.1) is 6.61 Å². The van der Waals surface area contributed by atoms with Crippen LogP contribution < -0.4 is 5.32 Å². The van der Waals surface area contributed by atoms with E-state index in [0.29, 0.717) is 0 Å². The monoisotopic (exact) mass is 281 g/mol. The third kappa shape index (κ3) is 5.12. The van der Waals surface area contributed by atoms with Crippen molar-refractivity contribution in [2.45, 2.75) is 6.18 Å². The Kier molecular flexibility index (Phi) is 5.11. The largest absolute Gasteiger partial charge is 0.507 e. The third-order valence-electron chi connectivity index (χ3n) is 2.02. The molecular weight excluding hydrogens is 270 g/mol. The van der Waals surface area contributed by atoms with Crippen LogP contribution in [-0.2, 0) is 4.74 Å². The topological polar surface area (TPSA) is 58.6 Å². The van der Waals surface area contributed by atoms with Gasteiger partial charge in [-0.3, -0.25) is 4.79 Å². The van der Waals surface area contributed by atoms with Gasteiger partial charge in [0.1, 0.15) is 23.7 Å². The number of hydrogen-bond acceptors (Lipinski definition) is 3. The highest BCUT2D eigenvalue weighted by Crippen LogP contribution is 2.19. The van der Waals surface area contributed by atoms with Crippen molar-refractivity contribution < 1.29 is 32.2 Å². The number of alkyl halides is 3. The molecule has 0 saturated heterocycles. The molecule has 0 aliphatic carbocycles. The predicted octanol–water partition coefficient (Wildman–Crippen LogP) is 1.84. The van der Waals surface area contributed by atoms with Crippen LogP contribution in [0.15, 0.2) is 18.2 Å². The maximum absolute atomic E-state index is 13.2. The highest BCUT2D eigenvalue weighted by molar-refractivity contribution is 5.97. The van der Waals surface area contributed by atoms with E-state index in [-0.39, 0.29) is 13.2 Å². The summed E-state index contributed by atoms with van der Waals surface area (Å²) in [6, 6.07) is 3.32. The van der Waals surface area contributed by atoms with Gasteiger partial charge < -0.3 is 15.2 Å². The molecule has 1 amide bonds. The van der Waals surface area contributed by atoms with Gasteiger partial charge in [-0.15, -0.1) is 0 Å². The highest BCUT2D eigenvalue weighted by atomic mass is 19.4. The molecule has 0 atom stereocenters. The van der Waals surface area contributed by atoms with Crippen molar-refractivity contribution in [1.29, 1.82) is 0 Å². The fourth-order valence-electron chi connectivity index (χ4n) is 1.25. The Bertz CT molecular complexity index is 428. The number of carbonyl (C=O) groups is 1. The molecule has 0 spiro atoms. The number of ether oxygens (including phenoxy) is 1. The number of amides is 1. The zero-order valence-corrected chi connectivity index (χ0v) is 9.63. The van der Waals surface area contributed by atoms with E-state index in [1.54, 1.807) is 0 Å². The summed E-state index contributed by atoms with van der Waals surface area (Å²) in [5.74, 6) is -2.39. The molecule has 0 unspecified atom stereocenters. The van der Waals surface area contributed by atoms with Crippen LogP contribution >= 0.6 is 0 Å². The van der Waals surface area contributed by atoms with E-state index in [4.69, 9.17) is 0 Å². The molecule has 0 heterocycles. The number of halogens is 4. The number of carbonyl (C=O) groups excluding carboxylic acids is 1. The molecule has 1 rings (SSSR count). The molecule has 0 saturated carbocycles. The summed E-state index contributed by atoms with van der Waals surface area (Å²) < 4.78 is 52.6. The van der Waals surface area contributed by atoms with Gasteiger partial charge >= 0.3 is 6.18 Å². The van der Waals surface area contributed by atoms with Gasteiger partial charge in [-0.25, -0.2) is 4.39 Å². The van der Waals surface area contributed by atoms with Gasteiger partial charge in [0.25, 0.3) is 5.91 Å². The average molecular weight is 281 g/mol. The van der Waals surface area contributed by atoms with Crippen molar-refractivity contribution in [3.8, 4) is 5.75 Å². The van der Waals surface area contributed by atoms with Crippen LogP contribution in [0.1, 0.15) is 10.4 Å². The number of phenols is 1. The van der Waals surface area contributed by atoms with Crippen molar-refractivity contribution in [2.24, 2.45) is 0 Å². The first-order chi connectivity index (χ1) is 8.81. The van der Waals surface area contributed by atoms with E-state index in [1.165, 1.54) is 6.07 Å². The quantitative estimate of drug-likeness (QED) is 0.639. The summed E-state index contributed by atoms with van der Waals surface area (Å²) >= 11 is 0. The Hall–Kier alpha value is -1.83. The van der Waals surface area contributed by atoms with E-state index in [0.717, 1.165) is 12.1 Å². The van der Waals surface area contributed by atoms with Gasteiger partial charge in [-0.05, 0) is 12.1 Å². The molecule has 106 valence electrons. The summed E-state index contributed by atoms with van der Waals surface area (Å²) in [4.78, 5) is 11.5. The number of benzene rings is 1. The van der Waals surface area contributed by atoms with Crippen LogP contribution in [0, 0.1) is 5.82 Å². The van der Waals surface area contributed by atoms with Crippen LogP contribution in [-0.4, -0.2) is 36.9 Å². The summed E-state index contributed by atoms with van der Waals surface area (Å²) in [7, 11) is 0. The van der Waals surface area contributed by atoms with Crippen molar-refractivity contribution in [1.82, 2.24) is 5.32 Å². The van der Waals surface area contributed by atoms with Crippen LogP contribution in [0.2, 0.25) is 0 Å². The zero-order valence-electron chi connectivity index (χ0n) is 9.63. The maximum atomic E-state index is 13.2. The first-order valence-electron chi connectivity index (χ1n) is 5.21. The number of hydrogen-bond donors (Lipinski definition) is 2. The molecule has 1 aromatic carbocycles. The van der Waals surface area contributed by atoms with Gasteiger partial charge in [-0.1, -0.05) is 6.07 Å². The lowest BCUT2D eigenvalue weighted by Gasteiger charge is -2.09. The van der Waals surface area contributed by atoms with E-state index < -0.39 is 35.8 Å². The maximum Gasteiger partial charge on any atom is 0.411 e. The molecule has 0 aliphatic heterocycles. The highest BCUT2D eigenvalue weighted by Gasteiger charge is 2.27. The van der Waals surface area contributed by atoms with E-state index in [1.807, 2.05) is 0 Å². The first kappa shape index (κ1) is 15.2. The van der Waals surface area contributed by atoms with E-state index in [9.17, 15) is 27.5 Å². The molecule has 0 radical (unpaired) electrons. The fraction of sp³-hybridized carbons (Fsp3) is 0.364. The minimum absolute atomic E-state index is 0.233. The molecule has 19 heavy (non-hydrogen) atoms. The Morgan fingerprint density at radius 1 is 1.37 bits per heavy atom. The van der Waals surface area contributed by atoms with Crippen LogP contribution in [0.25, 0.3) is 0 Å². The number of rotatable bonds is 5. The van der Waals surface area contributed by atoms with Gasteiger partial charge in [0.15, 0.2) is 0 Å². The minimum Gasteiger partial charge on any atom is -0.507 e. The van der Waals surface area contributed by atoms with Crippen molar-refractivity contribution in [3.05, 3.63) is 29.6 Å². The molecule has 1 aromatic rings. The minimum atomic E-state index is -4.44. The molecule has 4 nitrogen and oxygen atoms in total. The van der Waals surface area contributed by atoms with Gasteiger partial charge in [0, 0.05) is 6.54 Å². The Morgan fingerprint density at radius 3 is 2.63 bits per heavy atom. The van der Waals surface area contributed by atoms with Crippen molar-refractivity contribution >= 4 is 5.91 Å². The lowest BCUT2D eigenvalue weighted by atomic mass is 10.2. The second kappa shape index (κ2) is 6.37. The summed E-state index contributed by atoms with van der Waals surface area (Å²) in [5, 5.41) is 11.4. The Morgan fingerprint density at radius 2 is 2.05 bits per heavy atom. The normalized spacial score (nSPS) is 11.4. The third-order valence-corrected chi connectivity index (χ3v) is 2.02. The van der Waals surface area contributed by atoms with E-state index >= 15 is 0 Å². The van der Waals surface area contributed by atoms with Gasteiger partial charge in [-0.2, -0.15) is 13.2 Å². The average Bonchev–Trinajstić information content (AvgIpc) is 2.26. The lowest BCUT2D eigenvalue weighted by Crippen LogP contribution is -2.29. The van der Waals surface area contributed by atoms with Crippen molar-refractivity contribution in [3.63, 3.8) is 0 Å². The fourth-order valence-corrected chi connectivity index (χ4v) is 1.25. The molecule has 0 bridgehead atoms. The van der Waals surface area contributed by atoms with Crippen LogP contribution in [0.5, 0.6) is 5.75 Å². The second-order valence-corrected chi connectivity index (χ2v) is 3.56. The SMILES string of the molecule is O=C(NCCOCC(F)(F)F)c1c(O)cccc1F. The Balaban J connectivity index is 2.40. The number of aromatic hydroxyl groups is 1. The Labute approximate surface area is 106 Å². The molecular formula is C11H11F4NO3.